The van der Waals surface area contributed by atoms with Crippen LogP contribution in [0, 0.1) is 20.8 Å². The predicted octanol–water partition coefficient (Wildman–Crippen LogP) is 4.78. The molecular weight excluding hydrogens is 396 g/mol. The van der Waals surface area contributed by atoms with E-state index in [4.69, 9.17) is 4.98 Å². The van der Waals surface area contributed by atoms with Gasteiger partial charge in [0.05, 0.1) is 28.8 Å². The zero-order valence-electron chi connectivity index (χ0n) is 17.0. The number of benzene rings is 2. The molecule has 2 aromatic carbocycles. The minimum atomic E-state index is -0.212. The second-order valence-electron chi connectivity index (χ2n) is 7.20. The molecule has 0 radical (unpaired) electrons. The number of aromatic nitrogens is 3. The Hall–Kier alpha value is -3.32. The summed E-state index contributed by atoms with van der Waals surface area (Å²) in [6.07, 6.45) is 3.48. The Kier molecular flexibility index (Phi) is 5.46. The van der Waals surface area contributed by atoms with E-state index in [9.17, 15) is 9.90 Å². The molecule has 4 aromatic rings. The first kappa shape index (κ1) is 20.0. The Morgan fingerprint density at radius 1 is 1.13 bits per heavy atom. The molecule has 0 aliphatic carbocycles. The van der Waals surface area contributed by atoms with Crippen molar-refractivity contribution in [1.82, 2.24) is 14.5 Å². The van der Waals surface area contributed by atoms with Crippen molar-refractivity contribution in [3.8, 4) is 11.4 Å². The van der Waals surface area contributed by atoms with Gasteiger partial charge >= 0.3 is 0 Å². The first-order valence-electron chi connectivity index (χ1n) is 9.55. The topological polar surface area (TPSA) is 80.0 Å². The highest BCUT2D eigenvalue weighted by Crippen LogP contribution is 2.32. The van der Waals surface area contributed by atoms with Crippen molar-refractivity contribution in [1.29, 1.82) is 0 Å². The number of amides is 1. The standard InChI is InChI=1S/C23H22N4O2S/c1-14-10-15(2)22(16(3)11-14)27-19-8-9-24-12-18(19)26-23(27)30-13-21(29)25-17-6-4-5-7-20(17)28/h4-12,28H,13H2,1-3H3,(H,25,29). The number of aryl methyl sites for hydroxylation is 3. The van der Waals surface area contributed by atoms with E-state index in [1.54, 1.807) is 30.6 Å². The molecule has 0 unspecified atom stereocenters. The van der Waals surface area contributed by atoms with Crippen molar-refractivity contribution < 1.29 is 9.90 Å². The van der Waals surface area contributed by atoms with Crippen LogP contribution < -0.4 is 5.32 Å². The summed E-state index contributed by atoms with van der Waals surface area (Å²) in [6.45, 7) is 6.25. The van der Waals surface area contributed by atoms with Gasteiger partial charge in [0.15, 0.2) is 5.16 Å². The van der Waals surface area contributed by atoms with Gasteiger partial charge < -0.3 is 10.4 Å². The van der Waals surface area contributed by atoms with Crippen molar-refractivity contribution in [3.05, 3.63) is 71.5 Å². The number of carbonyl (C=O) groups excluding carboxylic acids is 1. The van der Waals surface area contributed by atoms with Crippen molar-refractivity contribution in [2.75, 3.05) is 11.1 Å². The molecule has 0 fully saturated rings. The van der Waals surface area contributed by atoms with E-state index in [0.29, 0.717) is 5.69 Å². The molecule has 0 aliphatic rings. The fraction of sp³-hybridized carbons (Fsp3) is 0.174. The molecule has 30 heavy (non-hydrogen) atoms. The van der Waals surface area contributed by atoms with Crippen molar-refractivity contribution in [3.63, 3.8) is 0 Å². The van der Waals surface area contributed by atoms with E-state index in [-0.39, 0.29) is 17.4 Å². The molecule has 0 bridgehead atoms. The van der Waals surface area contributed by atoms with Crippen molar-refractivity contribution >= 4 is 34.4 Å². The van der Waals surface area contributed by atoms with Gasteiger partial charge in [0.2, 0.25) is 5.91 Å². The largest absolute Gasteiger partial charge is 0.506 e. The number of anilines is 1. The lowest BCUT2D eigenvalue weighted by molar-refractivity contribution is -0.113. The Morgan fingerprint density at radius 3 is 2.60 bits per heavy atom. The van der Waals surface area contributed by atoms with Crippen LogP contribution in [0.4, 0.5) is 5.69 Å². The number of nitrogens with zero attached hydrogens (tertiary/aromatic N) is 3. The number of rotatable bonds is 5. The van der Waals surface area contributed by atoms with Crippen LogP contribution in [0.25, 0.3) is 16.7 Å². The number of phenolic OH excluding ortho intramolecular Hbond substituents is 1. The first-order chi connectivity index (χ1) is 14.4. The number of pyridine rings is 1. The molecule has 0 spiro atoms. The van der Waals surface area contributed by atoms with Crippen LogP contribution in [0.1, 0.15) is 16.7 Å². The van der Waals surface area contributed by atoms with Crippen LogP contribution in [0.3, 0.4) is 0 Å². The molecular formula is C23H22N4O2S. The zero-order chi connectivity index (χ0) is 21.3. The molecule has 7 heteroatoms. The SMILES string of the molecule is Cc1cc(C)c(-n2c(SCC(=O)Nc3ccccc3O)nc3cnccc32)c(C)c1. The Labute approximate surface area is 179 Å². The molecule has 2 aromatic heterocycles. The predicted molar refractivity (Wildman–Crippen MR) is 121 cm³/mol. The van der Waals surface area contributed by atoms with Gasteiger partial charge in [-0.15, -0.1) is 0 Å². The van der Waals surface area contributed by atoms with Gasteiger partial charge in [-0.2, -0.15) is 0 Å². The Morgan fingerprint density at radius 2 is 1.87 bits per heavy atom. The minimum Gasteiger partial charge on any atom is -0.506 e. The third-order valence-electron chi connectivity index (χ3n) is 4.80. The number of aromatic hydroxyl groups is 1. The fourth-order valence-electron chi connectivity index (χ4n) is 3.64. The molecule has 1 amide bonds. The quantitative estimate of drug-likeness (QED) is 0.360. The summed E-state index contributed by atoms with van der Waals surface area (Å²) in [5.41, 5.74) is 6.68. The normalized spacial score (nSPS) is 11.0. The summed E-state index contributed by atoms with van der Waals surface area (Å²) in [4.78, 5) is 21.4. The number of fused-ring (bicyclic) bond motifs is 1. The number of phenols is 1. The molecule has 0 atom stereocenters. The average molecular weight is 419 g/mol. The highest BCUT2D eigenvalue weighted by atomic mass is 32.2. The maximum absolute atomic E-state index is 12.5. The first-order valence-corrected chi connectivity index (χ1v) is 10.5. The summed E-state index contributed by atoms with van der Waals surface area (Å²) in [6, 6.07) is 12.9. The second kappa shape index (κ2) is 8.20. The van der Waals surface area contributed by atoms with Crippen LogP contribution >= 0.6 is 11.8 Å². The maximum atomic E-state index is 12.5. The lowest BCUT2D eigenvalue weighted by Gasteiger charge is -2.16. The van der Waals surface area contributed by atoms with Gasteiger partial charge in [-0.25, -0.2) is 4.98 Å². The van der Waals surface area contributed by atoms with Crippen LogP contribution in [-0.2, 0) is 4.79 Å². The smallest absolute Gasteiger partial charge is 0.234 e. The molecule has 0 saturated carbocycles. The van der Waals surface area contributed by atoms with E-state index in [0.717, 1.165) is 33.0 Å². The van der Waals surface area contributed by atoms with Crippen LogP contribution in [0.2, 0.25) is 0 Å². The summed E-state index contributed by atoms with van der Waals surface area (Å²) in [5, 5.41) is 13.3. The lowest BCUT2D eigenvalue weighted by Crippen LogP contribution is -2.14. The highest BCUT2D eigenvalue weighted by Gasteiger charge is 2.18. The number of hydrogen-bond donors (Lipinski definition) is 2. The van der Waals surface area contributed by atoms with E-state index in [1.807, 2.05) is 6.07 Å². The lowest BCUT2D eigenvalue weighted by atomic mass is 10.0. The van der Waals surface area contributed by atoms with E-state index < -0.39 is 0 Å². The van der Waals surface area contributed by atoms with Crippen LogP contribution in [-0.4, -0.2) is 31.3 Å². The van der Waals surface area contributed by atoms with Gasteiger partial charge in [0.1, 0.15) is 11.3 Å². The van der Waals surface area contributed by atoms with Crippen LogP contribution in [0.15, 0.2) is 60.0 Å². The number of nitrogens with one attached hydrogen (secondary N) is 1. The molecule has 0 aliphatic heterocycles. The van der Waals surface area contributed by atoms with Crippen LogP contribution in [0.5, 0.6) is 5.75 Å². The van der Waals surface area contributed by atoms with Gasteiger partial charge in [0, 0.05) is 6.20 Å². The number of para-hydroxylation sites is 2. The Bertz CT molecular complexity index is 1230. The van der Waals surface area contributed by atoms with Crippen molar-refractivity contribution in [2.45, 2.75) is 25.9 Å². The zero-order valence-corrected chi connectivity index (χ0v) is 17.8. The Balaban J connectivity index is 1.68. The second-order valence-corrected chi connectivity index (χ2v) is 8.14. The minimum absolute atomic E-state index is 0.0417. The molecule has 2 heterocycles. The molecule has 152 valence electrons. The molecule has 6 nitrogen and oxygen atoms in total. The maximum Gasteiger partial charge on any atom is 0.234 e. The number of imidazole rings is 1. The average Bonchev–Trinajstić information content (AvgIpc) is 3.06. The third-order valence-corrected chi connectivity index (χ3v) is 5.73. The molecule has 4 rings (SSSR count). The van der Waals surface area contributed by atoms with Gasteiger partial charge in [0.25, 0.3) is 0 Å². The number of hydrogen-bond acceptors (Lipinski definition) is 5. The van der Waals surface area contributed by atoms with Gasteiger partial charge in [-0.1, -0.05) is 41.6 Å². The van der Waals surface area contributed by atoms with E-state index in [2.05, 4.69) is 47.8 Å². The van der Waals surface area contributed by atoms with Crippen molar-refractivity contribution in [2.24, 2.45) is 0 Å². The van der Waals surface area contributed by atoms with Gasteiger partial charge in [-0.3, -0.25) is 14.3 Å². The summed E-state index contributed by atoms with van der Waals surface area (Å²) in [7, 11) is 0. The summed E-state index contributed by atoms with van der Waals surface area (Å²) in [5.74, 6) is -0.00895. The summed E-state index contributed by atoms with van der Waals surface area (Å²) < 4.78 is 2.10. The number of carbonyl (C=O) groups is 1. The monoisotopic (exact) mass is 418 g/mol. The highest BCUT2D eigenvalue weighted by molar-refractivity contribution is 7.99. The molecule has 2 N–H and O–H groups in total. The molecule has 0 saturated heterocycles. The fourth-order valence-corrected chi connectivity index (χ4v) is 4.46. The van der Waals surface area contributed by atoms with E-state index >= 15 is 0 Å². The van der Waals surface area contributed by atoms with Gasteiger partial charge in [-0.05, 0) is 50.1 Å². The van der Waals surface area contributed by atoms with E-state index in [1.165, 1.54) is 23.4 Å². The number of thioether (sulfide) groups is 1. The summed E-state index contributed by atoms with van der Waals surface area (Å²) >= 11 is 1.35. The third kappa shape index (κ3) is 3.89.